The van der Waals surface area contributed by atoms with E-state index in [0.29, 0.717) is 0 Å². The summed E-state index contributed by atoms with van der Waals surface area (Å²) in [4.78, 5) is 12.2. The zero-order valence-corrected chi connectivity index (χ0v) is 12.5. The summed E-state index contributed by atoms with van der Waals surface area (Å²) in [5.74, 6) is 0.139. The summed E-state index contributed by atoms with van der Waals surface area (Å²) in [5, 5.41) is 0. The third-order valence-corrected chi connectivity index (χ3v) is 4.67. The molecule has 2 atom stereocenters. The summed E-state index contributed by atoms with van der Waals surface area (Å²) in [6, 6.07) is 10.4. The number of hydrogen-bond acceptors (Lipinski definition) is 2. The molecule has 1 aliphatic rings. The number of benzene rings is 1. The van der Waals surface area contributed by atoms with Gasteiger partial charge in [0.25, 0.3) is 0 Å². The molecule has 0 aliphatic heterocycles. The lowest BCUT2D eigenvalue weighted by Gasteiger charge is -2.40. The Labute approximate surface area is 121 Å². The zero-order chi connectivity index (χ0) is 14.6. The summed E-state index contributed by atoms with van der Waals surface area (Å²) < 4.78 is 5.04. The lowest BCUT2D eigenvalue weighted by Crippen LogP contribution is -2.40. The monoisotopic (exact) mass is 272 g/mol. The second-order valence-corrected chi connectivity index (χ2v) is 6.00. The first-order valence-corrected chi connectivity index (χ1v) is 7.38. The number of aryl methyl sites for hydroxylation is 1. The maximum absolute atomic E-state index is 12.2. The van der Waals surface area contributed by atoms with E-state index in [9.17, 15) is 4.79 Å². The highest BCUT2D eigenvalue weighted by atomic mass is 16.5. The van der Waals surface area contributed by atoms with Crippen LogP contribution in [0, 0.1) is 11.3 Å². The fourth-order valence-corrected chi connectivity index (χ4v) is 3.44. The number of carbonyl (C=O) groups is 1. The molecule has 0 saturated heterocycles. The Morgan fingerprint density at radius 3 is 2.75 bits per heavy atom. The molecule has 1 saturated carbocycles. The lowest BCUT2D eigenvalue weighted by atomic mass is 9.64. The number of rotatable bonds is 4. The van der Waals surface area contributed by atoms with Crippen LogP contribution in [0.2, 0.25) is 0 Å². The predicted octanol–water partition coefficient (Wildman–Crippen LogP) is 4.15. The van der Waals surface area contributed by atoms with Crippen molar-refractivity contribution < 1.29 is 9.53 Å². The minimum atomic E-state index is -0.404. The van der Waals surface area contributed by atoms with Crippen LogP contribution in [-0.4, -0.2) is 13.1 Å². The van der Waals surface area contributed by atoms with Gasteiger partial charge >= 0.3 is 5.97 Å². The second-order valence-electron chi connectivity index (χ2n) is 6.00. The zero-order valence-electron chi connectivity index (χ0n) is 12.5. The van der Waals surface area contributed by atoms with Gasteiger partial charge in [0, 0.05) is 0 Å². The Balaban J connectivity index is 2.12. The topological polar surface area (TPSA) is 26.3 Å². The van der Waals surface area contributed by atoms with Crippen LogP contribution in [0.25, 0.3) is 0 Å². The highest BCUT2D eigenvalue weighted by molar-refractivity contribution is 5.77. The Hall–Kier alpha value is -1.57. The molecule has 0 heterocycles. The number of methoxy groups -OCH3 is 1. The van der Waals surface area contributed by atoms with Crippen molar-refractivity contribution in [2.24, 2.45) is 11.3 Å². The van der Waals surface area contributed by atoms with Crippen molar-refractivity contribution in [3.05, 3.63) is 48.0 Å². The van der Waals surface area contributed by atoms with Crippen molar-refractivity contribution in [2.45, 2.75) is 39.0 Å². The highest BCUT2D eigenvalue weighted by Crippen LogP contribution is 2.46. The van der Waals surface area contributed by atoms with E-state index >= 15 is 0 Å². The van der Waals surface area contributed by atoms with Crippen molar-refractivity contribution in [3.63, 3.8) is 0 Å². The fraction of sp³-hybridized carbons (Fsp3) is 0.500. The van der Waals surface area contributed by atoms with E-state index in [-0.39, 0.29) is 11.9 Å². The van der Waals surface area contributed by atoms with E-state index in [1.165, 1.54) is 18.2 Å². The highest BCUT2D eigenvalue weighted by Gasteiger charge is 2.45. The number of hydrogen-bond donors (Lipinski definition) is 0. The van der Waals surface area contributed by atoms with E-state index < -0.39 is 5.41 Å². The van der Waals surface area contributed by atoms with Gasteiger partial charge < -0.3 is 4.74 Å². The van der Waals surface area contributed by atoms with Crippen LogP contribution in [0.1, 0.15) is 38.2 Å². The maximum Gasteiger partial charge on any atom is 0.312 e. The number of ether oxygens (including phenoxy) is 1. The van der Waals surface area contributed by atoms with Gasteiger partial charge in [0.1, 0.15) is 0 Å². The third-order valence-electron chi connectivity index (χ3n) is 4.67. The summed E-state index contributed by atoms with van der Waals surface area (Å²) in [6.45, 7) is 6.25. The van der Waals surface area contributed by atoms with Crippen molar-refractivity contribution in [2.75, 3.05) is 7.11 Å². The Morgan fingerprint density at radius 1 is 1.40 bits per heavy atom. The van der Waals surface area contributed by atoms with E-state index in [1.54, 1.807) is 0 Å². The summed E-state index contributed by atoms with van der Waals surface area (Å²) in [5.41, 5.74) is 2.12. The Morgan fingerprint density at radius 2 is 2.10 bits per heavy atom. The molecule has 20 heavy (non-hydrogen) atoms. The smallest absolute Gasteiger partial charge is 0.312 e. The summed E-state index contributed by atoms with van der Waals surface area (Å²) in [7, 11) is 1.49. The van der Waals surface area contributed by atoms with Crippen LogP contribution in [-0.2, 0) is 16.0 Å². The van der Waals surface area contributed by atoms with Crippen molar-refractivity contribution in [3.8, 4) is 0 Å². The molecule has 1 aromatic rings. The number of carbonyl (C=O) groups excluding carboxylic acids is 1. The van der Waals surface area contributed by atoms with Gasteiger partial charge in [-0.25, -0.2) is 0 Å². The van der Waals surface area contributed by atoms with Crippen LogP contribution >= 0.6 is 0 Å². The van der Waals surface area contributed by atoms with Gasteiger partial charge in [-0.3, -0.25) is 4.79 Å². The van der Waals surface area contributed by atoms with Gasteiger partial charge in [0.15, 0.2) is 0 Å². The molecule has 1 aromatic carbocycles. The van der Waals surface area contributed by atoms with E-state index in [1.807, 2.05) is 13.0 Å². The van der Waals surface area contributed by atoms with Gasteiger partial charge in [-0.05, 0) is 50.5 Å². The molecule has 108 valence electrons. The summed E-state index contributed by atoms with van der Waals surface area (Å²) in [6.07, 6.45) is 4.92. The molecule has 0 radical (unpaired) electrons. The molecule has 0 unspecified atom stereocenters. The molecular weight excluding hydrogens is 248 g/mol. The first-order valence-electron chi connectivity index (χ1n) is 7.38. The first kappa shape index (κ1) is 14.8. The SMILES string of the molecule is C=C1CCC[C@@](C)(C(=O)OC)[C@@H]1CCc1ccccc1. The van der Waals surface area contributed by atoms with Crippen LogP contribution in [0.5, 0.6) is 0 Å². The molecule has 0 bridgehead atoms. The average Bonchev–Trinajstić information content (AvgIpc) is 2.47. The van der Waals surface area contributed by atoms with Crippen LogP contribution in [0.4, 0.5) is 0 Å². The van der Waals surface area contributed by atoms with Crippen molar-refractivity contribution in [1.29, 1.82) is 0 Å². The molecule has 2 rings (SSSR count). The van der Waals surface area contributed by atoms with Crippen molar-refractivity contribution in [1.82, 2.24) is 0 Å². The molecular formula is C18H24O2. The molecule has 2 nitrogen and oxygen atoms in total. The lowest BCUT2D eigenvalue weighted by molar-refractivity contribution is -0.156. The second kappa shape index (κ2) is 6.25. The number of allylic oxidation sites excluding steroid dienone is 1. The average molecular weight is 272 g/mol. The molecule has 1 aliphatic carbocycles. The Bertz CT molecular complexity index is 477. The van der Waals surface area contributed by atoms with Gasteiger partial charge in [-0.1, -0.05) is 42.5 Å². The molecule has 1 fully saturated rings. The summed E-state index contributed by atoms with van der Waals surface area (Å²) >= 11 is 0. The Kier molecular flexibility index (Phi) is 4.64. The van der Waals surface area contributed by atoms with Crippen LogP contribution < -0.4 is 0 Å². The fourth-order valence-electron chi connectivity index (χ4n) is 3.44. The maximum atomic E-state index is 12.2. The quantitative estimate of drug-likeness (QED) is 0.608. The standard InChI is InChI=1S/C18H24O2/c1-14-8-7-13-18(2,17(19)20-3)16(14)12-11-15-9-5-4-6-10-15/h4-6,9-10,16H,1,7-8,11-13H2,2-3H3/t16-,18-/m1/s1. The molecule has 0 aromatic heterocycles. The molecule has 0 spiro atoms. The van der Waals surface area contributed by atoms with Crippen LogP contribution in [0.15, 0.2) is 42.5 Å². The largest absolute Gasteiger partial charge is 0.469 e. The minimum absolute atomic E-state index is 0.0867. The van der Waals surface area contributed by atoms with E-state index in [4.69, 9.17) is 4.74 Å². The van der Waals surface area contributed by atoms with Gasteiger partial charge in [0.2, 0.25) is 0 Å². The third kappa shape index (κ3) is 2.95. The van der Waals surface area contributed by atoms with Gasteiger partial charge in [0.05, 0.1) is 12.5 Å². The molecule has 2 heteroatoms. The van der Waals surface area contributed by atoms with E-state index in [0.717, 1.165) is 32.1 Å². The predicted molar refractivity (Wildman–Crippen MR) is 81.4 cm³/mol. The van der Waals surface area contributed by atoms with Gasteiger partial charge in [-0.2, -0.15) is 0 Å². The molecule has 0 amide bonds. The number of esters is 1. The van der Waals surface area contributed by atoms with Crippen molar-refractivity contribution >= 4 is 5.97 Å². The first-order chi connectivity index (χ1) is 9.58. The van der Waals surface area contributed by atoms with Gasteiger partial charge in [-0.15, -0.1) is 0 Å². The van der Waals surface area contributed by atoms with Crippen LogP contribution in [0.3, 0.4) is 0 Å². The normalized spacial score (nSPS) is 26.3. The minimum Gasteiger partial charge on any atom is -0.469 e. The van der Waals surface area contributed by atoms with E-state index in [2.05, 4.69) is 30.8 Å². The molecule has 0 N–H and O–H groups in total.